The van der Waals surface area contributed by atoms with Gasteiger partial charge in [-0.15, -0.1) is 0 Å². The Morgan fingerprint density at radius 1 is 1.12 bits per heavy atom. The van der Waals surface area contributed by atoms with E-state index >= 15 is 0 Å². The summed E-state index contributed by atoms with van der Waals surface area (Å²) in [6.45, 7) is 1.43. The van der Waals surface area contributed by atoms with E-state index in [-0.39, 0.29) is 18.9 Å². The minimum Gasteiger partial charge on any atom is -0.453 e. The number of fused-ring (bicyclic) bond motifs is 1. The molecule has 0 fully saturated rings. The van der Waals surface area contributed by atoms with Crippen LogP contribution in [0.25, 0.3) is 0 Å². The third kappa shape index (κ3) is 4.08. The first-order valence-corrected chi connectivity index (χ1v) is 8.48. The van der Waals surface area contributed by atoms with Gasteiger partial charge < -0.3 is 10.1 Å². The molecular formula is C20H20N2O4. The smallest absolute Gasteiger partial charge is 0.306 e. The molecule has 0 bridgehead atoms. The fourth-order valence-corrected chi connectivity index (χ4v) is 2.85. The van der Waals surface area contributed by atoms with Gasteiger partial charge in [0.2, 0.25) is 5.91 Å². The fourth-order valence-electron chi connectivity index (χ4n) is 2.85. The molecular weight excluding hydrogens is 332 g/mol. The number of aryl methyl sites for hydroxylation is 1. The molecule has 0 aliphatic carbocycles. The first-order valence-electron chi connectivity index (χ1n) is 8.48. The molecule has 0 saturated heterocycles. The molecule has 6 heteroatoms. The quantitative estimate of drug-likeness (QED) is 0.839. The lowest BCUT2D eigenvalue weighted by Gasteiger charge is -2.30. The molecule has 0 radical (unpaired) electrons. The number of nitrogens with one attached hydrogen (secondary N) is 1. The number of para-hydroxylation sites is 2. The maximum Gasteiger partial charge on any atom is 0.306 e. The Labute approximate surface area is 151 Å². The predicted molar refractivity (Wildman–Crippen MR) is 97.7 cm³/mol. The molecule has 2 aromatic carbocycles. The van der Waals surface area contributed by atoms with E-state index < -0.39 is 18.0 Å². The van der Waals surface area contributed by atoms with Crippen molar-refractivity contribution in [2.24, 2.45) is 0 Å². The molecule has 0 aromatic heterocycles. The van der Waals surface area contributed by atoms with Crippen molar-refractivity contribution in [3.63, 3.8) is 0 Å². The molecule has 134 valence electrons. The minimum atomic E-state index is -0.961. The van der Waals surface area contributed by atoms with Crippen LogP contribution in [0.3, 0.4) is 0 Å². The highest BCUT2D eigenvalue weighted by atomic mass is 16.5. The van der Waals surface area contributed by atoms with Gasteiger partial charge in [-0.25, -0.2) is 0 Å². The summed E-state index contributed by atoms with van der Waals surface area (Å²) in [7, 11) is 0. The van der Waals surface area contributed by atoms with E-state index in [9.17, 15) is 14.4 Å². The highest BCUT2D eigenvalue weighted by Crippen LogP contribution is 2.29. The molecule has 1 N–H and O–H groups in total. The van der Waals surface area contributed by atoms with Crippen LogP contribution >= 0.6 is 0 Å². The van der Waals surface area contributed by atoms with Crippen LogP contribution in [0, 0.1) is 0 Å². The number of nitrogens with zero attached hydrogens (tertiary/aromatic N) is 1. The second kappa shape index (κ2) is 7.82. The Kier molecular flexibility index (Phi) is 5.31. The van der Waals surface area contributed by atoms with E-state index in [1.807, 2.05) is 30.3 Å². The van der Waals surface area contributed by atoms with Crippen LogP contribution in [-0.2, 0) is 25.5 Å². The minimum absolute atomic E-state index is 0.0955. The summed E-state index contributed by atoms with van der Waals surface area (Å²) in [5.41, 5.74) is 2.20. The number of carbonyl (C=O) groups excluding carboxylic acids is 3. The third-order valence-corrected chi connectivity index (χ3v) is 4.15. The lowest BCUT2D eigenvalue weighted by atomic mass is 10.1. The SMILES string of the molecule is C[C@H](OC(=O)CCc1ccccc1)C(=O)N1CC(=O)Nc2ccccc21. The van der Waals surface area contributed by atoms with Gasteiger partial charge in [-0.05, 0) is 31.0 Å². The predicted octanol–water partition coefficient (Wildman–Crippen LogP) is 2.54. The van der Waals surface area contributed by atoms with Crippen LogP contribution in [-0.4, -0.2) is 30.4 Å². The van der Waals surface area contributed by atoms with Gasteiger partial charge in [0.25, 0.3) is 5.91 Å². The number of benzene rings is 2. The average Bonchev–Trinajstić information content (AvgIpc) is 2.66. The molecule has 0 saturated carbocycles. The largest absolute Gasteiger partial charge is 0.453 e. The molecule has 0 spiro atoms. The number of amides is 2. The monoisotopic (exact) mass is 352 g/mol. The topological polar surface area (TPSA) is 75.7 Å². The van der Waals surface area contributed by atoms with Crippen LogP contribution in [0.2, 0.25) is 0 Å². The van der Waals surface area contributed by atoms with E-state index in [4.69, 9.17) is 4.74 Å². The highest BCUT2D eigenvalue weighted by Gasteiger charge is 2.31. The van der Waals surface area contributed by atoms with Gasteiger partial charge in [0.05, 0.1) is 11.4 Å². The van der Waals surface area contributed by atoms with E-state index in [0.717, 1.165) is 5.56 Å². The summed E-state index contributed by atoms with van der Waals surface area (Å²) < 4.78 is 5.28. The van der Waals surface area contributed by atoms with Crippen molar-refractivity contribution < 1.29 is 19.1 Å². The Bertz CT molecular complexity index is 820. The van der Waals surface area contributed by atoms with E-state index in [1.54, 1.807) is 24.3 Å². The summed E-state index contributed by atoms with van der Waals surface area (Å²) in [4.78, 5) is 37.9. The number of ether oxygens (including phenoxy) is 1. The highest BCUT2D eigenvalue weighted by molar-refractivity contribution is 6.11. The van der Waals surface area contributed by atoms with Crippen LogP contribution in [0.5, 0.6) is 0 Å². The second-order valence-corrected chi connectivity index (χ2v) is 6.11. The summed E-state index contributed by atoms with van der Waals surface area (Å²) in [6, 6.07) is 16.6. The molecule has 1 heterocycles. The molecule has 1 aliphatic rings. The summed E-state index contributed by atoms with van der Waals surface area (Å²) in [5.74, 6) is -1.13. The van der Waals surface area contributed by atoms with Gasteiger partial charge in [-0.1, -0.05) is 42.5 Å². The van der Waals surface area contributed by atoms with Crippen LogP contribution in [0.15, 0.2) is 54.6 Å². The summed E-state index contributed by atoms with van der Waals surface area (Å²) in [6.07, 6.45) is -0.217. The number of hydrogen-bond acceptors (Lipinski definition) is 4. The Morgan fingerprint density at radius 2 is 1.81 bits per heavy atom. The van der Waals surface area contributed by atoms with Crippen molar-refractivity contribution in [3.8, 4) is 0 Å². The van der Waals surface area contributed by atoms with Gasteiger partial charge in [-0.3, -0.25) is 19.3 Å². The first kappa shape index (κ1) is 17.7. The molecule has 6 nitrogen and oxygen atoms in total. The third-order valence-electron chi connectivity index (χ3n) is 4.15. The van der Waals surface area contributed by atoms with Gasteiger partial charge in [-0.2, -0.15) is 0 Å². The zero-order valence-corrected chi connectivity index (χ0v) is 14.5. The maximum atomic E-state index is 12.7. The Balaban J connectivity index is 1.61. The normalized spacial score (nSPS) is 14.2. The maximum absolute atomic E-state index is 12.7. The van der Waals surface area contributed by atoms with Gasteiger partial charge >= 0.3 is 5.97 Å². The molecule has 3 rings (SSSR count). The molecule has 1 aliphatic heterocycles. The van der Waals surface area contributed by atoms with Gasteiger partial charge in [0, 0.05) is 6.42 Å². The number of rotatable bonds is 5. The average molecular weight is 352 g/mol. The molecule has 1 atom stereocenters. The van der Waals surface area contributed by atoms with E-state index in [2.05, 4.69) is 5.32 Å². The summed E-state index contributed by atoms with van der Waals surface area (Å²) >= 11 is 0. The van der Waals surface area contributed by atoms with Crippen LogP contribution < -0.4 is 10.2 Å². The van der Waals surface area contributed by atoms with Crippen LogP contribution in [0.4, 0.5) is 11.4 Å². The van der Waals surface area contributed by atoms with E-state index in [0.29, 0.717) is 17.8 Å². The molecule has 26 heavy (non-hydrogen) atoms. The van der Waals surface area contributed by atoms with Crippen molar-refractivity contribution >= 4 is 29.2 Å². The second-order valence-electron chi connectivity index (χ2n) is 6.11. The van der Waals surface area contributed by atoms with Crippen molar-refractivity contribution in [3.05, 3.63) is 60.2 Å². The van der Waals surface area contributed by atoms with E-state index in [1.165, 1.54) is 11.8 Å². The van der Waals surface area contributed by atoms with Crippen molar-refractivity contribution in [2.45, 2.75) is 25.9 Å². The standard InChI is InChI=1S/C20H20N2O4/c1-14(26-19(24)12-11-15-7-3-2-4-8-15)20(25)22-13-18(23)21-16-9-5-6-10-17(16)22/h2-10,14H,11-13H2,1H3,(H,21,23)/t14-/m0/s1. The van der Waals surface area contributed by atoms with Crippen molar-refractivity contribution in [1.29, 1.82) is 0 Å². The Morgan fingerprint density at radius 3 is 2.58 bits per heavy atom. The Hall–Kier alpha value is -3.15. The lowest BCUT2D eigenvalue weighted by molar-refractivity contribution is -0.153. The molecule has 2 amide bonds. The zero-order valence-electron chi connectivity index (χ0n) is 14.5. The number of anilines is 2. The number of esters is 1. The van der Waals surface area contributed by atoms with Crippen molar-refractivity contribution in [2.75, 3.05) is 16.8 Å². The lowest BCUT2D eigenvalue weighted by Crippen LogP contribution is -2.47. The van der Waals surface area contributed by atoms with Crippen molar-refractivity contribution in [1.82, 2.24) is 0 Å². The number of carbonyl (C=O) groups is 3. The first-order chi connectivity index (χ1) is 12.5. The molecule has 2 aromatic rings. The summed E-state index contributed by atoms with van der Waals surface area (Å²) in [5, 5.41) is 2.72. The zero-order chi connectivity index (χ0) is 18.5. The van der Waals surface area contributed by atoms with Gasteiger partial charge in [0.1, 0.15) is 6.54 Å². The number of hydrogen-bond donors (Lipinski definition) is 1. The van der Waals surface area contributed by atoms with Crippen LogP contribution in [0.1, 0.15) is 18.9 Å². The van der Waals surface area contributed by atoms with Gasteiger partial charge in [0.15, 0.2) is 6.10 Å². The fraction of sp³-hybridized carbons (Fsp3) is 0.250. The molecule has 0 unspecified atom stereocenters.